The Morgan fingerprint density at radius 2 is 0.638 bits per heavy atom. The Hall–Kier alpha value is -9.32. The topological polar surface area (TPSA) is 40.6 Å². The van der Waals surface area contributed by atoms with Crippen molar-refractivity contribution in [2.45, 2.75) is 0 Å². The second-order valence-electron chi connectivity index (χ2n) is 16.0. The fourth-order valence-corrected chi connectivity index (χ4v) is 9.24. The van der Waals surface area contributed by atoms with E-state index in [1.807, 2.05) is 48.5 Å². The molecule has 0 N–H and O–H groups in total. The normalized spacial score (nSPS) is 16.6. The van der Waals surface area contributed by atoms with Crippen LogP contribution in [-0.2, 0) is 0 Å². The van der Waals surface area contributed by atoms with Crippen molar-refractivity contribution in [3.05, 3.63) is 248 Å². The molecule has 0 aliphatic heterocycles. The second-order valence-corrected chi connectivity index (χ2v) is 16.0. The molecular formula is C64H41N5. The molecule has 0 amide bonds. The number of hydrogen-bond acceptors (Lipinski definition) is 2. The van der Waals surface area contributed by atoms with E-state index >= 15 is 0 Å². The molecule has 0 saturated heterocycles. The van der Waals surface area contributed by atoms with Gasteiger partial charge in [0.05, 0.1) is 94.4 Å². The van der Waals surface area contributed by atoms with E-state index in [1.165, 1.54) is 12.1 Å². The van der Waals surface area contributed by atoms with E-state index in [-0.39, 0.29) is 17.1 Å². The first-order valence-electron chi connectivity index (χ1n) is 33.5. The van der Waals surface area contributed by atoms with Gasteiger partial charge in [-0.2, -0.15) is 0 Å². The largest absolute Gasteiger partial charge is 0.307 e. The lowest BCUT2D eigenvalue weighted by Crippen LogP contribution is -2.10. The molecule has 10 aromatic carbocycles. The zero-order valence-corrected chi connectivity index (χ0v) is 35.6. The first-order valence-corrected chi connectivity index (χ1v) is 21.5. The van der Waals surface area contributed by atoms with Crippen LogP contribution >= 0.6 is 0 Å². The third-order valence-corrected chi connectivity index (χ3v) is 12.2. The summed E-state index contributed by atoms with van der Waals surface area (Å²) in [6.07, 6.45) is 0. The van der Waals surface area contributed by atoms with Crippen molar-refractivity contribution in [1.82, 2.24) is 23.7 Å². The predicted molar refractivity (Wildman–Crippen MR) is 287 cm³/mol. The molecule has 0 unspecified atom stereocenters. The summed E-state index contributed by atoms with van der Waals surface area (Å²) >= 11 is 0. The van der Waals surface area contributed by atoms with Crippen LogP contribution in [-0.4, -0.2) is 23.7 Å². The van der Waals surface area contributed by atoms with Gasteiger partial charge in [-0.15, -0.1) is 0 Å². The van der Waals surface area contributed by atoms with Crippen LogP contribution in [0.2, 0.25) is 0 Å². The predicted octanol–water partition coefficient (Wildman–Crippen LogP) is 16.4. The van der Waals surface area contributed by atoms with E-state index in [0.29, 0.717) is 16.8 Å². The Morgan fingerprint density at radius 1 is 0.290 bits per heavy atom. The minimum atomic E-state index is -0.898. The number of nitrogens with zero attached hydrogens (tertiary/aromatic N) is 5. The van der Waals surface area contributed by atoms with Crippen molar-refractivity contribution in [2.24, 2.45) is 0 Å². The summed E-state index contributed by atoms with van der Waals surface area (Å²) in [6.45, 7) is 0. The molecular weight excluding hydrogens is 839 g/mol. The summed E-state index contributed by atoms with van der Waals surface area (Å²) in [5.41, 5.74) is -1.95. The van der Waals surface area contributed by atoms with Gasteiger partial charge in [0.15, 0.2) is 5.82 Å². The van der Waals surface area contributed by atoms with E-state index < -0.39 is 227 Å². The summed E-state index contributed by atoms with van der Waals surface area (Å²) in [4.78, 5) is 10.3. The molecule has 14 aromatic rings. The Bertz CT molecular complexity index is 5330. The number of hydrogen-bond donors (Lipinski definition) is 0. The first-order chi connectivity index (χ1) is 44.2. The number of para-hydroxylation sites is 6. The molecule has 0 bridgehead atoms. The van der Waals surface area contributed by atoms with Crippen molar-refractivity contribution >= 4 is 65.4 Å². The molecule has 0 saturated carbocycles. The Kier molecular flexibility index (Phi) is 4.99. The summed E-state index contributed by atoms with van der Waals surface area (Å²) in [7, 11) is 0. The van der Waals surface area contributed by atoms with E-state index in [9.17, 15) is 24.7 Å². The van der Waals surface area contributed by atoms with Gasteiger partial charge in [0, 0.05) is 49.0 Å². The molecule has 0 spiro atoms. The molecule has 4 heterocycles. The maximum Gasteiger partial charge on any atom is 0.160 e. The summed E-state index contributed by atoms with van der Waals surface area (Å²) in [5.74, 6) is 0.106. The van der Waals surface area contributed by atoms with E-state index in [2.05, 4.69) is 0 Å². The molecule has 0 aliphatic carbocycles. The van der Waals surface area contributed by atoms with Crippen LogP contribution in [0.3, 0.4) is 0 Å². The Balaban J connectivity index is 1.34. The third-order valence-electron chi connectivity index (χ3n) is 12.2. The SMILES string of the molecule is [2H]c1c([2H])c([2H])c2c(c1[2H])c1c([2H])c([2H])c([2H])c([2H])c1n2-c1cc(-c2cc(-c3cccc(-c4ccccc4)c3)nc(-c3ccccc3)n2)cc(-n2c3c([2H])c([2H])c([2H])c([2H])c3c3c([2H])c([2H])c([2H])c([2H])c32)c1-n1c2c([2H])c([2H])c([2H])c([2H])c2c2c([2H])c([2H])c([2H])c([2H])c21. The molecule has 14 rings (SSSR count). The monoisotopic (exact) mass is 903 g/mol. The van der Waals surface area contributed by atoms with Crippen LogP contribution in [0.25, 0.3) is 128 Å². The second kappa shape index (κ2) is 15.7. The van der Waals surface area contributed by atoms with Crippen molar-refractivity contribution in [1.29, 1.82) is 0 Å². The lowest BCUT2D eigenvalue weighted by molar-refractivity contribution is 1.05. The zero-order valence-electron chi connectivity index (χ0n) is 59.6. The Morgan fingerprint density at radius 3 is 1.07 bits per heavy atom. The van der Waals surface area contributed by atoms with Crippen LogP contribution in [0.5, 0.6) is 0 Å². The summed E-state index contributed by atoms with van der Waals surface area (Å²) in [6, 6.07) is 9.84. The summed E-state index contributed by atoms with van der Waals surface area (Å²) < 4.78 is 229. The van der Waals surface area contributed by atoms with Gasteiger partial charge in [0.25, 0.3) is 0 Å². The molecule has 5 heteroatoms. The maximum atomic E-state index is 9.86. The van der Waals surface area contributed by atoms with Gasteiger partial charge < -0.3 is 13.7 Å². The molecule has 0 radical (unpaired) electrons. The molecule has 322 valence electrons. The fourth-order valence-electron chi connectivity index (χ4n) is 9.24. The summed E-state index contributed by atoms with van der Waals surface area (Å²) in [5, 5.41) is -2.82. The van der Waals surface area contributed by atoms with Gasteiger partial charge >= 0.3 is 0 Å². The van der Waals surface area contributed by atoms with Crippen LogP contribution < -0.4 is 0 Å². The standard InChI is InChI=1S/C64H41N5/c1-3-20-42(21-4-1)44-24-19-25-45(38-44)53-41-54(66-64(65-53)43-22-5-2-6-23-43)46-39-61(67-55-32-13-7-26-47(55)48-27-8-14-33-56(48)67)63(69-59-36-17-11-30-51(59)52-31-12-18-37-60(52)69)62(40-46)68-57-34-15-9-28-49(57)50-29-10-16-35-58(50)68/h1-41H/i7D,8D,9D,10D,11D,12D,13D,14D,15D,16D,17D,18D,26D,27D,28D,29D,30D,31D,32D,33D,34D,35D,36D,37D. The van der Waals surface area contributed by atoms with Gasteiger partial charge in [0.1, 0.15) is 0 Å². The number of aromatic nitrogens is 5. The lowest BCUT2D eigenvalue weighted by atomic mass is 10.00. The molecule has 4 aromatic heterocycles. The first kappa shape index (κ1) is 22.0. The van der Waals surface area contributed by atoms with E-state index in [1.54, 1.807) is 42.5 Å². The van der Waals surface area contributed by atoms with E-state index in [4.69, 9.17) is 18.2 Å². The van der Waals surface area contributed by atoms with Crippen LogP contribution in [0, 0.1) is 0 Å². The molecule has 0 aliphatic rings. The molecule has 0 atom stereocenters. The zero-order chi connectivity index (χ0) is 66.3. The Labute approximate surface area is 431 Å². The fraction of sp³-hybridized carbons (Fsp3) is 0. The van der Waals surface area contributed by atoms with Crippen molar-refractivity contribution in [2.75, 3.05) is 0 Å². The number of benzene rings is 10. The maximum absolute atomic E-state index is 9.86. The average Bonchev–Trinajstić information content (AvgIpc) is 1.55. The molecule has 69 heavy (non-hydrogen) atoms. The van der Waals surface area contributed by atoms with Gasteiger partial charge in [-0.25, -0.2) is 9.97 Å². The molecule has 0 fully saturated rings. The van der Waals surface area contributed by atoms with Crippen molar-refractivity contribution < 1.29 is 32.9 Å². The highest BCUT2D eigenvalue weighted by Crippen LogP contribution is 2.45. The number of rotatable bonds is 7. The minimum Gasteiger partial charge on any atom is -0.307 e. The smallest absolute Gasteiger partial charge is 0.160 e. The highest BCUT2D eigenvalue weighted by Gasteiger charge is 2.27. The van der Waals surface area contributed by atoms with Crippen LogP contribution in [0.15, 0.2) is 248 Å². The van der Waals surface area contributed by atoms with Gasteiger partial charge in [0.2, 0.25) is 0 Å². The minimum absolute atomic E-state index is 0.00165. The van der Waals surface area contributed by atoms with Gasteiger partial charge in [-0.1, -0.05) is 188 Å². The van der Waals surface area contributed by atoms with Crippen LogP contribution in [0.4, 0.5) is 0 Å². The van der Waals surface area contributed by atoms with Gasteiger partial charge in [-0.3, -0.25) is 0 Å². The van der Waals surface area contributed by atoms with Crippen LogP contribution in [0.1, 0.15) is 32.9 Å². The highest BCUT2D eigenvalue weighted by molar-refractivity contribution is 6.14. The quantitative estimate of drug-likeness (QED) is 0.160. The third kappa shape index (κ3) is 6.18. The highest BCUT2D eigenvalue weighted by atomic mass is 15.1. The lowest BCUT2D eigenvalue weighted by Gasteiger charge is -2.23. The average molecular weight is 904 g/mol. The van der Waals surface area contributed by atoms with Crippen molar-refractivity contribution in [3.8, 4) is 62.1 Å². The van der Waals surface area contributed by atoms with Gasteiger partial charge in [-0.05, 0) is 71.6 Å². The number of fused-ring (bicyclic) bond motifs is 9. The molecule has 5 nitrogen and oxygen atoms in total. The van der Waals surface area contributed by atoms with E-state index in [0.717, 1.165) is 24.8 Å². The van der Waals surface area contributed by atoms with Crippen molar-refractivity contribution in [3.63, 3.8) is 0 Å².